The highest BCUT2D eigenvalue weighted by Crippen LogP contribution is 2.48. The highest BCUT2D eigenvalue weighted by molar-refractivity contribution is 7.27. The van der Waals surface area contributed by atoms with Crippen LogP contribution in [0.25, 0.3) is 108 Å². The molecular weight excluding hydrogens is 663 g/mol. The Morgan fingerprint density at radius 3 is 2.02 bits per heavy atom. The molecule has 0 bridgehead atoms. The first-order valence-electron chi connectivity index (χ1n) is 18.0. The second-order valence-corrected chi connectivity index (χ2v) is 15.0. The van der Waals surface area contributed by atoms with Crippen LogP contribution in [0.2, 0.25) is 0 Å². The Balaban J connectivity index is 1.14. The van der Waals surface area contributed by atoms with Crippen molar-refractivity contribution in [1.29, 1.82) is 0 Å². The van der Waals surface area contributed by atoms with Crippen molar-refractivity contribution in [1.82, 2.24) is 14.0 Å². The van der Waals surface area contributed by atoms with Crippen molar-refractivity contribution in [2.45, 2.75) is 0 Å². The molecule has 4 heteroatoms. The predicted octanol–water partition coefficient (Wildman–Crippen LogP) is 13.6. The fourth-order valence-corrected chi connectivity index (χ4v) is 10.1. The number of thiophene rings is 1. The molecule has 0 unspecified atom stereocenters. The lowest BCUT2D eigenvalue weighted by Crippen LogP contribution is -1.93. The van der Waals surface area contributed by atoms with Crippen LogP contribution >= 0.6 is 11.3 Å². The first kappa shape index (κ1) is 28.9. The van der Waals surface area contributed by atoms with Crippen LogP contribution in [0, 0.1) is 0 Å². The van der Waals surface area contributed by atoms with Gasteiger partial charge in [-0.3, -0.25) is 0 Å². The molecule has 4 heterocycles. The quantitative estimate of drug-likeness (QED) is 0.169. The maximum atomic E-state index is 4.88. The van der Waals surface area contributed by atoms with E-state index in [4.69, 9.17) is 4.98 Å². The summed E-state index contributed by atoms with van der Waals surface area (Å²) in [6.45, 7) is 0. The van der Waals surface area contributed by atoms with Gasteiger partial charge in [-0.25, -0.2) is 4.98 Å². The van der Waals surface area contributed by atoms with Gasteiger partial charge in [-0.05, 0) is 80.3 Å². The van der Waals surface area contributed by atoms with Crippen molar-refractivity contribution >= 4 is 91.3 Å². The Kier molecular flexibility index (Phi) is 5.93. The Bertz CT molecular complexity index is 3420. The minimum Gasteiger partial charge on any atom is -0.309 e. The van der Waals surface area contributed by atoms with Crippen LogP contribution in [-0.4, -0.2) is 14.0 Å². The van der Waals surface area contributed by atoms with Gasteiger partial charge in [0, 0.05) is 60.2 Å². The SMILES string of the molecule is c1ccc2c(c1)cc(-c1cccc3c1sc1c3ccc3c1c1c4ccccc4ccc1n3-c1ccc(-c3cn4ccccc4n3)cc1)c1ccccc12. The highest BCUT2D eigenvalue weighted by Gasteiger charge is 2.21. The Labute approximate surface area is 308 Å². The van der Waals surface area contributed by atoms with Crippen LogP contribution in [0.5, 0.6) is 0 Å². The molecule has 246 valence electrons. The Morgan fingerprint density at radius 2 is 1.15 bits per heavy atom. The summed E-state index contributed by atoms with van der Waals surface area (Å²) in [7, 11) is 0. The summed E-state index contributed by atoms with van der Waals surface area (Å²) in [5.74, 6) is 0. The Morgan fingerprint density at radius 1 is 0.453 bits per heavy atom. The maximum Gasteiger partial charge on any atom is 0.137 e. The van der Waals surface area contributed by atoms with Crippen LogP contribution in [0.1, 0.15) is 0 Å². The number of imidazole rings is 1. The molecular formula is C49H29N3S. The predicted molar refractivity (Wildman–Crippen MR) is 226 cm³/mol. The molecule has 8 aromatic carbocycles. The minimum absolute atomic E-state index is 0.949. The smallest absolute Gasteiger partial charge is 0.137 e. The zero-order valence-electron chi connectivity index (χ0n) is 28.5. The van der Waals surface area contributed by atoms with Crippen molar-refractivity contribution in [3.63, 3.8) is 0 Å². The van der Waals surface area contributed by atoms with Crippen molar-refractivity contribution in [2.24, 2.45) is 0 Å². The largest absolute Gasteiger partial charge is 0.309 e. The molecule has 3 nitrogen and oxygen atoms in total. The lowest BCUT2D eigenvalue weighted by Gasteiger charge is -2.12. The van der Waals surface area contributed by atoms with E-state index in [0.717, 1.165) is 22.6 Å². The number of aromatic nitrogens is 3. The van der Waals surface area contributed by atoms with E-state index in [2.05, 4.69) is 161 Å². The van der Waals surface area contributed by atoms with Gasteiger partial charge in [-0.1, -0.05) is 121 Å². The zero-order valence-corrected chi connectivity index (χ0v) is 29.3. The fraction of sp³-hybridized carbons (Fsp3) is 0. The number of rotatable bonds is 3. The summed E-state index contributed by atoms with van der Waals surface area (Å²) in [5.41, 5.74) is 9.16. The van der Waals surface area contributed by atoms with E-state index in [0.29, 0.717) is 0 Å². The van der Waals surface area contributed by atoms with E-state index >= 15 is 0 Å². The van der Waals surface area contributed by atoms with E-state index in [1.54, 1.807) is 0 Å². The molecule has 12 aromatic rings. The normalized spacial score (nSPS) is 12.2. The number of pyridine rings is 1. The van der Waals surface area contributed by atoms with E-state index in [1.807, 2.05) is 35.7 Å². The first-order valence-corrected chi connectivity index (χ1v) is 18.9. The second kappa shape index (κ2) is 10.9. The summed E-state index contributed by atoms with van der Waals surface area (Å²) in [6.07, 6.45) is 4.15. The molecule has 0 aliphatic carbocycles. The molecule has 0 saturated heterocycles. The molecule has 0 N–H and O–H groups in total. The van der Waals surface area contributed by atoms with Crippen LogP contribution in [-0.2, 0) is 0 Å². The van der Waals surface area contributed by atoms with Crippen LogP contribution in [0.4, 0.5) is 0 Å². The molecule has 4 aromatic heterocycles. The molecule has 0 saturated carbocycles. The molecule has 0 atom stereocenters. The van der Waals surface area contributed by atoms with Gasteiger partial charge in [-0.15, -0.1) is 11.3 Å². The minimum atomic E-state index is 0.949. The molecule has 0 aliphatic heterocycles. The Hall–Kier alpha value is -6.75. The fourth-order valence-electron chi connectivity index (χ4n) is 8.74. The lowest BCUT2D eigenvalue weighted by atomic mass is 9.92. The summed E-state index contributed by atoms with van der Waals surface area (Å²) >= 11 is 1.94. The molecule has 0 aliphatic rings. The second-order valence-electron chi connectivity index (χ2n) is 14.0. The topological polar surface area (TPSA) is 22.2 Å². The van der Waals surface area contributed by atoms with Gasteiger partial charge in [0.05, 0.1) is 16.7 Å². The van der Waals surface area contributed by atoms with Gasteiger partial charge in [0.15, 0.2) is 0 Å². The van der Waals surface area contributed by atoms with Gasteiger partial charge >= 0.3 is 0 Å². The van der Waals surface area contributed by atoms with Crippen molar-refractivity contribution in [2.75, 3.05) is 0 Å². The summed E-state index contributed by atoms with van der Waals surface area (Å²) in [6, 6.07) is 60.0. The van der Waals surface area contributed by atoms with E-state index in [9.17, 15) is 0 Å². The molecule has 0 amide bonds. The number of nitrogens with zero attached hydrogens (tertiary/aromatic N) is 3. The molecule has 0 radical (unpaired) electrons. The van der Waals surface area contributed by atoms with Gasteiger partial charge < -0.3 is 8.97 Å². The third kappa shape index (κ3) is 4.12. The summed E-state index contributed by atoms with van der Waals surface area (Å²) in [5, 5.41) is 12.9. The van der Waals surface area contributed by atoms with E-state index in [1.165, 1.54) is 85.4 Å². The van der Waals surface area contributed by atoms with E-state index in [-0.39, 0.29) is 0 Å². The average molecular weight is 692 g/mol. The molecule has 53 heavy (non-hydrogen) atoms. The summed E-state index contributed by atoms with van der Waals surface area (Å²) < 4.78 is 7.18. The third-order valence-corrected chi connectivity index (χ3v) is 12.4. The van der Waals surface area contributed by atoms with Crippen LogP contribution in [0.3, 0.4) is 0 Å². The van der Waals surface area contributed by atoms with Gasteiger partial charge in [0.1, 0.15) is 5.65 Å². The van der Waals surface area contributed by atoms with Crippen molar-refractivity contribution < 1.29 is 0 Å². The summed E-state index contributed by atoms with van der Waals surface area (Å²) in [4.78, 5) is 4.88. The van der Waals surface area contributed by atoms with Crippen LogP contribution < -0.4 is 0 Å². The third-order valence-electron chi connectivity index (χ3n) is 11.1. The molecule has 12 rings (SSSR count). The average Bonchev–Trinajstić information content (AvgIpc) is 3.93. The monoisotopic (exact) mass is 691 g/mol. The standard InChI is InChI=1S/C49H29N3S/c1-4-13-35-30(10-1)21-25-43-46(35)47-44(52(43)33-22-19-31(20-23-33)42-29-51-27-8-7-18-45(51)50-42)26-24-40-38-16-9-17-39(48(38)53-49(40)47)41-28-32-11-2-3-12-34(32)36-14-5-6-15-37(36)41/h1-29H. The first-order chi connectivity index (χ1) is 26.3. The number of hydrogen-bond acceptors (Lipinski definition) is 2. The number of benzene rings is 8. The number of fused-ring (bicyclic) bond motifs is 13. The van der Waals surface area contributed by atoms with Gasteiger partial charge in [-0.2, -0.15) is 0 Å². The van der Waals surface area contributed by atoms with Gasteiger partial charge in [0.25, 0.3) is 0 Å². The van der Waals surface area contributed by atoms with Crippen LogP contribution in [0.15, 0.2) is 176 Å². The maximum absolute atomic E-state index is 4.88. The molecule has 0 fully saturated rings. The number of hydrogen-bond donors (Lipinski definition) is 0. The van der Waals surface area contributed by atoms with E-state index < -0.39 is 0 Å². The van der Waals surface area contributed by atoms with Crippen molar-refractivity contribution in [3.8, 4) is 28.1 Å². The van der Waals surface area contributed by atoms with Gasteiger partial charge in [0.2, 0.25) is 0 Å². The van der Waals surface area contributed by atoms with Crippen molar-refractivity contribution in [3.05, 3.63) is 176 Å². The highest BCUT2D eigenvalue weighted by atomic mass is 32.1. The zero-order chi connectivity index (χ0) is 34.6. The lowest BCUT2D eigenvalue weighted by molar-refractivity contribution is 1.18. The molecule has 0 spiro atoms.